The first-order valence-corrected chi connectivity index (χ1v) is 8.02. The predicted octanol–water partition coefficient (Wildman–Crippen LogP) is 2.50. The lowest BCUT2D eigenvalue weighted by Crippen LogP contribution is -2.40. The van der Waals surface area contributed by atoms with Crippen LogP contribution in [0.2, 0.25) is 0 Å². The number of nitrogens with zero attached hydrogens (tertiary/aromatic N) is 4. The number of amides is 1. The van der Waals surface area contributed by atoms with E-state index in [9.17, 15) is 18.0 Å². The summed E-state index contributed by atoms with van der Waals surface area (Å²) in [5.41, 5.74) is 1.06. The molecule has 2 aromatic heterocycles. The highest BCUT2D eigenvalue weighted by Gasteiger charge is 2.38. The van der Waals surface area contributed by atoms with Gasteiger partial charge in [-0.25, -0.2) is 0 Å². The van der Waals surface area contributed by atoms with Gasteiger partial charge in [0.05, 0.1) is 0 Å². The maximum atomic E-state index is 12.6. The number of aromatic nitrogens is 3. The third kappa shape index (κ3) is 4.01. The van der Waals surface area contributed by atoms with Crippen LogP contribution >= 0.6 is 0 Å². The first-order valence-electron chi connectivity index (χ1n) is 8.02. The lowest BCUT2D eigenvalue weighted by Gasteiger charge is -2.33. The Hall–Kier alpha value is -2.49. The molecule has 0 aliphatic carbocycles. The van der Waals surface area contributed by atoms with Gasteiger partial charge >= 0.3 is 12.1 Å². The first-order chi connectivity index (χ1) is 12.4. The van der Waals surface area contributed by atoms with E-state index in [0.29, 0.717) is 13.1 Å². The van der Waals surface area contributed by atoms with Crippen LogP contribution in [0.3, 0.4) is 0 Å². The van der Waals surface area contributed by atoms with Crippen molar-refractivity contribution in [1.29, 1.82) is 0 Å². The minimum atomic E-state index is -4.70. The Labute approximate surface area is 147 Å². The lowest BCUT2D eigenvalue weighted by molar-refractivity contribution is -0.159. The van der Waals surface area contributed by atoms with E-state index >= 15 is 0 Å². The number of methoxy groups -OCH3 is 1. The average molecular weight is 370 g/mol. The Morgan fingerprint density at radius 2 is 2.27 bits per heavy atom. The van der Waals surface area contributed by atoms with E-state index in [4.69, 9.17) is 4.74 Å². The van der Waals surface area contributed by atoms with Gasteiger partial charge < -0.3 is 14.2 Å². The maximum absolute atomic E-state index is 12.6. The molecule has 0 saturated carbocycles. The predicted molar refractivity (Wildman–Crippen MR) is 83.0 cm³/mol. The molecule has 1 aliphatic rings. The summed E-state index contributed by atoms with van der Waals surface area (Å²) < 4.78 is 46.9. The first kappa shape index (κ1) is 18.3. The van der Waals surface area contributed by atoms with E-state index in [2.05, 4.69) is 19.6 Å². The summed E-state index contributed by atoms with van der Waals surface area (Å²) in [4.78, 5) is 21.1. The summed E-state index contributed by atoms with van der Waals surface area (Å²) >= 11 is 0. The second-order valence-corrected chi connectivity index (χ2v) is 6.01. The Bertz CT molecular complexity index is 778. The Kier molecular flexibility index (Phi) is 5.21. The smallest absolute Gasteiger partial charge is 0.375 e. The van der Waals surface area contributed by atoms with Gasteiger partial charge in [0.25, 0.3) is 0 Å². The van der Waals surface area contributed by atoms with Gasteiger partial charge in [0, 0.05) is 32.3 Å². The molecule has 26 heavy (non-hydrogen) atoms. The van der Waals surface area contributed by atoms with Gasteiger partial charge in [-0.05, 0) is 30.5 Å². The minimum Gasteiger partial charge on any atom is -0.375 e. The number of ether oxygens (including phenoxy) is 1. The Morgan fingerprint density at radius 3 is 2.96 bits per heavy atom. The molecular formula is C16H17F3N4O3. The number of hydrogen-bond acceptors (Lipinski definition) is 6. The number of halogens is 3. The molecule has 2 aromatic rings. The molecule has 0 spiro atoms. The second-order valence-electron chi connectivity index (χ2n) is 6.01. The molecule has 1 fully saturated rings. The van der Waals surface area contributed by atoms with Crippen LogP contribution in [0.4, 0.5) is 13.2 Å². The molecule has 1 saturated heterocycles. The summed E-state index contributed by atoms with van der Waals surface area (Å²) in [5.74, 6) is -1.66. The average Bonchev–Trinajstić information content (AvgIpc) is 3.13. The normalized spacial score (nSPS) is 18.2. The summed E-state index contributed by atoms with van der Waals surface area (Å²) in [6.45, 7) is 1.21. The number of carbonyl (C=O) groups is 1. The van der Waals surface area contributed by atoms with E-state index in [0.717, 1.165) is 18.4 Å². The summed E-state index contributed by atoms with van der Waals surface area (Å²) in [6, 6.07) is 3.42. The van der Waals surface area contributed by atoms with E-state index in [1.807, 2.05) is 0 Å². The van der Waals surface area contributed by atoms with E-state index in [1.165, 1.54) is 13.3 Å². The van der Waals surface area contributed by atoms with Crippen molar-refractivity contribution in [3.63, 3.8) is 0 Å². The van der Waals surface area contributed by atoms with Crippen molar-refractivity contribution in [3.8, 4) is 11.5 Å². The van der Waals surface area contributed by atoms with Gasteiger partial charge in [0.1, 0.15) is 12.3 Å². The van der Waals surface area contributed by atoms with Crippen molar-refractivity contribution in [3.05, 3.63) is 29.8 Å². The minimum absolute atomic E-state index is 0.0252. The molecule has 1 amide bonds. The summed E-state index contributed by atoms with van der Waals surface area (Å²) in [7, 11) is 1.47. The third-order valence-electron chi connectivity index (χ3n) is 4.19. The SMILES string of the molecule is COCC(=O)N1CCC[C@H](c2ccnc(-c3noc(C(F)(F)F)n3)c2)C1. The van der Waals surface area contributed by atoms with Crippen LogP contribution in [0.5, 0.6) is 0 Å². The lowest BCUT2D eigenvalue weighted by atomic mass is 9.90. The van der Waals surface area contributed by atoms with Gasteiger partial charge in [-0.1, -0.05) is 5.16 Å². The maximum Gasteiger partial charge on any atom is 0.471 e. The number of hydrogen-bond donors (Lipinski definition) is 0. The molecule has 0 radical (unpaired) electrons. The van der Waals surface area contributed by atoms with Gasteiger partial charge in [-0.3, -0.25) is 9.78 Å². The number of alkyl halides is 3. The van der Waals surface area contributed by atoms with Crippen LogP contribution in [-0.4, -0.2) is 52.7 Å². The van der Waals surface area contributed by atoms with E-state index in [-0.39, 0.29) is 30.0 Å². The van der Waals surface area contributed by atoms with Gasteiger partial charge in [-0.15, -0.1) is 0 Å². The highest BCUT2D eigenvalue weighted by molar-refractivity contribution is 5.77. The zero-order valence-electron chi connectivity index (χ0n) is 14.0. The topological polar surface area (TPSA) is 81.4 Å². The van der Waals surface area contributed by atoms with Crippen LogP contribution in [-0.2, 0) is 15.7 Å². The fourth-order valence-electron chi connectivity index (χ4n) is 2.96. The van der Waals surface area contributed by atoms with Crippen LogP contribution in [0.25, 0.3) is 11.5 Å². The van der Waals surface area contributed by atoms with Crippen LogP contribution in [0, 0.1) is 0 Å². The molecule has 0 unspecified atom stereocenters. The molecule has 10 heteroatoms. The molecule has 0 N–H and O–H groups in total. The van der Waals surface area contributed by atoms with Crippen LogP contribution < -0.4 is 0 Å². The van der Waals surface area contributed by atoms with Gasteiger partial charge in [0.2, 0.25) is 11.7 Å². The highest BCUT2D eigenvalue weighted by atomic mass is 19.4. The van der Waals surface area contributed by atoms with E-state index < -0.39 is 12.1 Å². The highest BCUT2D eigenvalue weighted by Crippen LogP contribution is 2.31. The summed E-state index contributed by atoms with van der Waals surface area (Å²) in [6.07, 6.45) is -1.52. The number of carbonyl (C=O) groups excluding carboxylic acids is 1. The van der Waals surface area contributed by atoms with Crippen molar-refractivity contribution in [2.75, 3.05) is 26.8 Å². The van der Waals surface area contributed by atoms with Crippen molar-refractivity contribution in [2.45, 2.75) is 24.9 Å². The molecule has 0 aromatic carbocycles. The molecule has 1 atom stereocenters. The number of likely N-dealkylation sites (tertiary alicyclic amines) is 1. The fourth-order valence-corrected chi connectivity index (χ4v) is 2.96. The summed E-state index contributed by atoms with van der Waals surface area (Å²) in [5, 5.41) is 3.36. The zero-order valence-corrected chi connectivity index (χ0v) is 14.0. The fraction of sp³-hybridized carbons (Fsp3) is 0.500. The quantitative estimate of drug-likeness (QED) is 0.823. The standard InChI is InChI=1S/C16H17F3N4O3/c1-25-9-13(24)23-6-2-3-11(8-23)10-4-5-20-12(7-10)14-21-15(26-22-14)16(17,18)19/h4-5,7,11H,2-3,6,8-9H2,1H3/t11-/m0/s1. The van der Waals surface area contributed by atoms with Crippen molar-refractivity contribution >= 4 is 5.91 Å². The molecule has 1 aliphatic heterocycles. The molecular weight excluding hydrogens is 353 g/mol. The van der Waals surface area contributed by atoms with Gasteiger partial charge in [0.15, 0.2) is 0 Å². The molecule has 0 bridgehead atoms. The molecule has 140 valence electrons. The second kappa shape index (κ2) is 7.40. The van der Waals surface area contributed by atoms with Crippen molar-refractivity contribution in [2.24, 2.45) is 0 Å². The molecule has 7 nitrogen and oxygen atoms in total. The number of piperidine rings is 1. The molecule has 3 heterocycles. The Morgan fingerprint density at radius 1 is 1.46 bits per heavy atom. The molecule has 3 rings (SSSR count). The number of rotatable bonds is 4. The van der Waals surface area contributed by atoms with Gasteiger partial charge in [-0.2, -0.15) is 18.2 Å². The van der Waals surface area contributed by atoms with Crippen molar-refractivity contribution in [1.82, 2.24) is 20.0 Å². The Balaban J connectivity index is 1.79. The van der Waals surface area contributed by atoms with Crippen LogP contribution in [0.15, 0.2) is 22.9 Å². The third-order valence-corrected chi connectivity index (χ3v) is 4.19. The monoisotopic (exact) mass is 370 g/mol. The van der Waals surface area contributed by atoms with Crippen LogP contribution in [0.1, 0.15) is 30.2 Å². The van der Waals surface area contributed by atoms with E-state index in [1.54, 1.807) is 17.0 Å². The zero-order chi connectivity index (χ0) is 18.7. The van der Waals surface area contributed by atoms with Crippen molar-refractivity contribution < 1.29 is 27.2 Å². The largest absolute Gasteiger partial charge is 0.471 e. The number of pyridine rings is 1.